The van der Waals surface area contributed by atoms with Crippen molar-refractivity contribution in [1.82, 2.24) is 4.90 Å². The molecule has 0 saturated carbocycles. The van der Waals surface area contributed by atoms with E-state index in [0.29, 0.717) is 0 Å². The molecule has 2 aromatic rings. The van der Waals surface area contributed by atoms with E-state index in [2.05, 4.69) is 35.2 Å². The summed E-state index contributed by atoms with van der Waals surface area (Å²) in [7, 11) is 2.01. The third-order valence-corrected chi connectivity index (χ3v) is 4.43. The Morgan fingerprint density at radius 3 is 2.67 bits per heavy atom. The van der Waals surface area contributed by atoms with Gasteiger partial charge in [-0.25, -0.2) is 0 Å². The van der Waals surface area contributed by atoms with Crippen LogP contribution in [0.15, 0.2) is 42.5 Å². The largest absolute Gasteiger partial charge is 0.287 e. The summed E-state index contributed by atoms with van der Waals surface area (Å²) in [6.45, 7) is 0.872. The number of hydrogen-bond donors (Lipinski definition) is 0. The third-order valence-electron chi connectivity index (χ3n) is 4.20. The van der Waals surface area contributed by atoms with Gasteiger partial charge < -0.3 is 0 Å². The monoisotopic (exact) mass is 296 g/mol. The summed E-state index contributed by atoms with van der Waals surface area (Å²) in [5.41, 5.74) is 4.90. The lowest BCUT2D eigenvalue weighted by atomic mass is 9.94. The molecule has 3 heteroatoms. The van der Waals surface area contributed by atoms with Gasteiger partial charge in [-0.3, -0.25) is 4.90 Å². The Hall–Kier alpha value is -1.82. The molecule has 2 aromatic carbocycles. The van der Waals surface area contributed by atoms with E-state index in [4.69, 9.17) is 11.6 Å². The normalized spacial score (nSPS) is 18.6. The Balaban J connectivity index is 2.16. The maximum atomic E-state index is 9.58. The zero-order valence-corrected chi connectivity index (χ0v) is 12.8. The van der Waals surface area contributed by atoms with Crippen molar-refractivity contribution < 1.29 is 0 Å². The van der Waals surface area contributed by atoms with Crippen molar-refractivity contribution in [3.63, 3.8) is 0 Å². The molecule has 0 N–H and O–H groups in total. The molecule has 0 radical (unpaired) electrons. The molecule has 1 atom stereocenters. The lowest BCUT2D eigenvalue weighted by Crippen LogP contribution is -2.26. The van der Waals surface area contributed by atoms with Gasteiger partial charge in [0, 0.05) is 11.6 Å². The number of halogens is 1. The van der Waals surface area contributed by atoms with Crippen molar-refractivity contribution in [3.8, 4) is 6.07 Å². The predicted molar refractivity (Wildman–Crippen MR) is 85.4 cm³/mol. The van der Waals surface area contributed by atoms with Gasteiger partial charge in [-0.05, 0) is 54.3 Å². The maximum Gasteiger partial charge on any atom is 0.123 e. The molecule has 1 aliphatic rings. The zero-order chi connectivity index (χ0) is 14.8. The van der Waals surface area contributed by atoms with Crippen LogP contribution >= 0.6 is 11.6 Å². The highest BCUT2D eigenvalue weighted by atomic mass is 35.5. The van der Waals surface area contributed by atoms with Crippen LogP contribution in [0.5, 0.6) is 0 Å². The average Bonchev–Trinajstić information content (AvgIpc) is 2.53. The van der Waals surface area contributed by atoms with Crippen LogP contribution in [-0.2, 0) is 12.8 Å². The molecule has 1 aliphatic heterocycles. The third kappa shape index (κ3) is 2.81. The molecule has 106 valence electrons. The molecule has 0 fully saturated rings. The molecule has 0 aliphatic carbocycles. The molecule has 1 heterocycles. The van der Waals surface area contributed by atoms with Gasteiger partial charge in [0.2, 0.25) is 0 Å². The van der Waals surface area contributed by atoms with E-state index in [-0.39, 0.29) is 6.04 Å². The smallest absolute Gasteiger partial charge is 0.123 e. The van der Waals surface area contributed by atoms with Crippen LogP contribution in [0.25, 0.3) is 0 Å². The fourth-order valence-corrected chi connectivity index (χ4v) is 3.20. The highest BCUT2D eigenvalue weighted by Crippen LogP contribution is 2.30. The van der Waals surface area contributed by atoms with E-state index >= 15 is 0 Å². The van der Waals surface area contributed by atoms with Crippen molar-refractivity contribution in [1.29, 1.82) is 5.26 Å². The van der Waals surface area contributed by atoms with Crippen molar-refractivity contribution in [2.45, 2.75) is 18.9 Å². The van der Waals surface area contributed by atoms with Crippen LogP contribution in [0.4, 0.5) is 0 Å². The number of likely N-dealkylation sites (N-methyl/N-ethyl adjacent to an activating group) is 1. The average molecular weight is 297 g/mol. The van der Waals surface area contributed by atoms with Gasteiger partial charge in [0.15, 0.2) is 0 Å². The summed E-state index contributed by atoms with van der Waals surface area (Å²) >= 11 is 6.17. The molecule has 0 aromatic heterocycles. The fourth-order valence-electron chi connectivity index (χ4n) is 3.00. The first-order chi connectivity index (χ1) is 10.2. The number of rotatable bonds is 0. The molecule has 0 saturated heterocycles. The minimum atomic E-state index is -0.216. The first-order valence-corrected chi connectivity index (χ1v) is 7.52. The van der Waals surface area contributed by atoms with E-state index in [1.165, 1.54) is 11.1 Å². The molecule has 0 bridgehead atoms. The molecular formula is C18H17ClN2. The summed E-state index contributed by atoms with van der Waals surface area (Å²) in [5, 5.41) is 10.3. The number of nitriles is 1. The van der Waals surface area contributed by atoms with Crippen molar-refractivity contribution >= 4 is 11.6 Å². The maximum absolute atomic E-state index is 9.58. The summed E-state index contributed by atoms with van der Waals surface area (Å²) in [4.78, 5) is 2.12. The second-order valence-electron chi connectivity index (χ2n) is 5.55. The first-order valence-electron chi connectivity index (χ1n) is 7.14. The summed E-state index contributed by atoms with van der Waals surface area (Å²) < 4.78 is 0. The molecule has 3 rings (SSSR count). The molecule has 2 nitrogen and oxygen atoms in total. The highest BCUT2D eigenvalue weighted by Gasteiger charge is 2.22. The Kier molecular flexibility index (Phi) is 3.96. The molecule has 0 amide bonds. The lowest BCUT2D eigenvalue weighted by Gasteiger charge is -2.23. The topological polar surface area (TPSA) is 27.0 Å². The SMILES string of the molecule is CN1CCc2ccccc2Cc2cc(Cl)ccc2C1C#N. The van der Waals surface area contributed by atoms with Crippen LogP contribution in [0.3, 0.4) is 0 Å². The highest BCUT2D eigenvalue weighted by molar-refractivity contribution is 6.30. The molecule has 0 spiro atoms. The number of hydrogen-bond acceptors (Lipinski definition) is 2. The number of fused-ring (bicyclic) bond motifs is 2. The van der Waals surface area contributed by atoms with Gasteiger partial charge in [0.05, 0.1) is 6.07 Å². The molecule has 1 unspecified atom stereocenters. The van der Waals surface area contributed by atoms with Gasteiger partial charge in [0.1, 0.15) is 6.04 Å². The van der Waals surface area contributed by atoms with Crippen LogP contribution in [-0.4, -0.2) is 18.5 Å². The minimum Gasteiger partial charge on any atom is -0.287 e. The fraction of sp³-hybridized carbons (Fsp3) is 0.278. The van der Waals surface area contributed by atoms with Gasteiger partial charge in [0.25, 0.3) is 0 Å². The minimum absolute atomic E-state index is 0.216. The van der Waals surface area contributed by atoms with Gasteiger partial charge >= 0.3 is 0 Å². The van der Waals surface area contributed by atoms with Crippen molar-refractivity contribution in [2.75, 3.05) is 13.6 Å². The van der Waals surface area contributed by atoms with Gasteiger partial charge in [-0.15, -0.1) is 0 Å². The summed E-state index contributed by atoms with van der Waals surface area (Å²) in [6, 6.07) is 16.6. The molecule has 21 heavy (non-hydrogen) atoms. The Labute approximate surface area is 130 Å². The zero-order valence-electron chi connectivity index (χ0n) is 12.0. The van der Waals surface area contributed by atoms with Crippen LogP contribution in [0.2, 0.25) is 5.02 Å². The second kappa shape index (κ2) is 5.89. The summed E-state index contributed by atoms with van der Waals surface area (Å²) in [5.74, 6) is 0. The Morgan fingerprint density at radius 2 is 1.90 bits per heavy atom. The van der Waals surface area contributed by atoms with Crippen molar-refractivity contribution in [2.24, 2.45) is 0 Å². The van der Waals surface area contributed by atoms with Gasteiger partial charge in [-0.1, -0.05) is 41.9 Å². The Morgan fingerprint density at radius 1 is 1.14 bits per heavy atom. The van der Waals surface area contributed by atoms with Crippen molar-refractivity contribution in [3.05, 3.63) is 69.7 Å². The van der Waals surface area contributed by atoms with E-state index in [1.807, 2.05) is 25.2 Å². The van der Waals surface area contributed by atoms with Crippen LogP contribution in [0.1, 0.15) is 28.3 Å². The first kappa shape index (κ1) is 14.1. The number of nitrogens with zero attached hydrogens (tertiary/aromatic N) is 2. The summed E-state index contributed by atoms with van der Waals surface area (Å²) in [6.07, 6.45) is 1.80. The van der Waals surface area contributed by atoms with E-state index in [1.54, 1.807) is 0 Å². The lowest BCUT2D eigenvalue weighted by molar-refractivity contribution is 0.295. The van der Waals surface area contributed by atoms with Crippen LogP contribution in [0, 0.1) is 11.3 Å². The van der Waals surface area contributed by atoms with Crippen LogP contribution < -0.4 is 0 Å². The molecular weight excluding hydrogens is 280 g/mol. The standard InChI is InChI=1S/C18H17ClN2/c1-21-9-8-13-4-2-3-5-14(13)10-15-11-16(19)6-7-17(15)18(21)12-20/h2-7,11,18H,8-10H2,1H3. The number of benzene rings is 2. The van der Waals surface area contributed by atoms with E-state index in [0.717, 1.165) is 35.5 Å². The quantitative estimate of drug-likeness (QED) is 0.735. The van der Waals surface area contributed by atoms with E-state index < -0.39 is 0 Å². The predicted octanol–water partition coefficient (Wildman–Crippen LogP) is 3.98. The Bertz CT molecular complexity index is 703. The second-order valence-corrected chi connectivity index (χ2v) is 5.99. The van der Waals surface area contributed by atoms with Gasteiger partial charge in [-0.2, -0.15) is 5.26 Å². The van der Waals surface area contributed by atoms with E-state index in [9.17, 15) is 5.26 Å².